The molecule has 0 fully saturated rings. The Kier molecular flexibility index (Phi) is 3.76. The van der Waals surface area contributed by atoms with Crippen LogP contribution < -0.4 is 5.32 Å². The van der Waals surface area contributed by atoms with Gasteiger partial charge in [0.05, 0.1) is 17.5 Å². The molecule has 0 aliphatic carbocycles. The smallest absolute Gasteiger partial charge is 0.276 e. The van der Waals surface area contributed by atoms with Crippen LogP contribution in [0.2, 0.25) is 0 Å². The Morgan fingerprint density at radius 1 is 1.33 bits per heavy atom. The van der Waals surface area contributed by atoms with Gasteiger partial charge in [-0.3, -0.25) is 9.78 Å². The zero-order valence-corrected chi connectivity index (χ0v) is 12.5. The lowest BCUT2D eigenvalue weighted by Crippen LogP contribution is -2.25. The van der Waals surface area contributed by atoms with Gasteiger partial charge in [0, 0.05) is 17.9 Å². The first-order chi connectivity index (χ1) is 9.81. The zero-order valence-electron chi connectivity index (χ0n) is 12.5. The summed E-state index contributed by atoms with van der Waals surface area (Å²) in [5.74, 6) is 0.210. The highest BCUT2D eigenvalue weighted by molar-refractivity contribution is 6.02. The van der Waals surface area contributed by atoms with Crippen LogP contribution in [0.15, 0.2) is 24.7 Å². The minimum absolute atomic E-state index is 0.237. The summed E-state index contributed by atoms with van der Waals surface area (Å²) in [6.07, 6.45) is 4.69. The fraction of sp³-hybridized carbons (Fsp3) is 0.333. The lowest BCUT2D eigenvalue weighted by Gasteiger charge is -2.24. The van der Waals surface area contributed by atoms with E-state index < -0.39 is 0 Å². The van der Waals surface area contributed by atoms with Crippen LogP contribution in [0, 0.1) is 18.3 Å². The molecule has 0 unspecified atom stereocenters. The van der Waals surface area contributed by atoms with Gasteiger partial charge < -0.3 is 9.88 Å². The van der Waals surface area contributed by atoms with Crippen molar-refractivity contribution in [1.82, 2.24) is 14.5 Å². The minimum Gasteiger partial charge on any atom is -0.328 e. The van der Waals surface area contributed by atoms with Gasteiger partial charge >= 0.3 is 0 Å². The summed E-state index contributed by atoms with van der Waals surface area (Å²) >= 11 is 0. The second-order valence-corrected chi connectivity index (χ2v) is 5.76. The van der Waals surface area contributed by atoms with Gasteiger partial charge in [0.15, 0.2) is 0 Å². The minimum atomic E-state index is -0.351. The van der Waals surface area contributed by atoms with Crippen molar-refractivity contribution in [2.75, 3.05) is 5.32 Å². The van der Waals surface area contributed by atoms with Crippen LogP contribution in [0.3, 0.4) is 0 Å². The molecule has 0 saturated carbocycles. The Morgan fingerprint density at radius 3 is 2.57 bits per heavy atom. The summed E-state index contributed by atoms with van der Waals surface area (Å²) in [5.41, 5.74) is 1.23. The Hall–Kier alpha value is -2.68. The molecule has 2 aromatic rings. The highest BCUT2D eigenvalue weighted by Crippen LogP contribution is 2.24. The maximum atomic E-state index is 12.2. The average molecular weight is 283 g/mol. The number of rotatable bonds is 2. The summed E-state index contributed by atoms with van der Waals surface area (Å²) in [5, 5.41) is 11.8. The molecule has 0 saturated heterocycles. The third-order valence-corrected chi connectivity index (χ3v) is 2.93. The third-order valence-electron chi connectivity index (χ3n) is 2.93. The van der Waals surface area contributed by atoms with Gasteiger partial charge in [-0.15, -0.1) is 0 Å². The van der Waals surface area contributed by atoms with Crippen molar-refractivity contribution < 1.29 is 4.79 Å². The summed E-state index contributed by atoms with van der Waals surface area (Å²) in [4.78, 5) is 20.3. The van der Waals surface area contributed by atoms with Gasteiger partial charge in [0.25, 0.3) is 5.91 Å². The number of anilines is 1. The fourth-order valence-electron chi connectivity index (χ4n) is 1.87. The van der Waals surface area contributed by atoms with Crippen molar-refractivity contribution >= 4 is 11.7 Å². The molecular formula is C15H17N5O. The molecule has 0 aliphatic rings. The largest absolute Gasteiger partial charge is 0.328 e. The topological polar surface area (TPSA) is 83.6 Å². The average Bonchev–Trinajstić information content (AvgIpc) is 2.82. The molecule has 2 rings (SSSR count). The van der Waals surface area contributed by atoms with Gasteiger partial charge in [-0.2, -0.15) is 5.26 Å². The second kappa shape index (κ2) is 5.37. The fourth-order valence-corrected chi connectivity index (χ4v) is 1.87. The molecule has 0 aliphatic heterocycles. The first kappa shape index (κ1) is 14.7. The molecule has 2 aromatic heterocycles. The number of aryl methyl sites for hydroxylation is 1. The summed E-state index contributed by atoms with van der Waals surface area (Å²) in [6, 6.07) is 3.72. The number of aromatic nitrogens is 3. The van der Waals surface area contributed by atoms with Crippen LogP contribution in [-0.4, -0.2) is 20.4 Å². The molecule has 1 amide bonds. The SMILES string of the molecule is Cc1cnc(C(=O)Nc2cc(C#N)cn2C(C)(C)C)cn1. The van der Waals surface area contributed by atoms with Gasteiger partial charge in [-0.05, 0) is 33.8 Å². The summed E-state index contributed by atoms with van der Waals surface area (Å²) in [6.45, 7) is 7.79. The quantitative estimate of drug-likeness (QED) is 0.917. The molecule has 0 atom stereocenters. The number of amides is 1. The molecule has 0 radical (unpaired) electrons. The predicted octanol–water partition coefficient (Wildman–Crippen LogP) is 2.47. The highest BCUT2D eigenvalue weighted by Gasteiger charge is 2.20. The van der Waals surface area contributed by atoms with E-state index in [1.807, 2.05) is 25.3 Å². The normalized spacial score (nSPS) is 11.0. The van der Waals surface area contributed by atoms with E-state index >= 15 is 0 Å². The number of nitrogens with one attached hydrogen (secondary N) is 1. The van der Waals surface area contributed by atoms with Gasteiger partial charge in [0.1, 0.15) is 17.6 Å². The molecule has 108 valence electrons. The molecule has 6 heteroatoms. The van der Waals surface area contributed by atoms with Crippen LogP contribution in [0.5, 0.6) is 0 Å². The molecule has 21 heavy (non-hydrogen) atoms. The Labute approximate surface area is 123 Å². The van der Waals surface area contributed by atoms with Crippen molar-refractivity contribution in [2.24, 2.45) is 0 Å². The lowest BCUT2D eigenvalue weighted by atomic mass is 10.1. The van der Waals surface area contributed by atoms with Crippen LogP contribution >= 0.6 is 0 Å². The van der Waals surface area contributed by atoms with Crippen LogP contribution in [0.25, 0.3) is 0 Å². The number of carbonyl (C=O) groups excluding carboxylic acids is 1. The second-order valence-electron chi connectivity index (χ2n) is 5.76. The first-order valence-corrected chi connectivity index (χ1v) is 6.54. The number of hydrogen-bond donors (Lipinski definition) is 1. The number of hydrogen-bond acceptors (Lipinski definition) is 4. The predicted molar refractivity (Wildman–Crippen MR) is 78.9 cm³/mol. The van der Waals surface area contributed by atoms with Gasteiger partial charge in [0.2, 0.25) is 0 Å². The molecule has 2 heterocycles. The van der Waals surface area contributed by atoms with Crippen LogP contribution in [0.4, 0.5) is 5.82 Å². The Balaban J connectivity index is 2.31. The van der Waals surface area contributed by atoms with E-state index in [-0.39, 0.29) is 17.1 Å². The summed E-state index contributed by atoms with van der Waals surface area (Å²) < 4.78 is 1.85. The third kappa shape index (κ3) is 3.26. The van der Waals surface area contributed by atoms with Crippen molar-refractivity contribution in [1.29, 1.82) is 5.26 Å². The van der Waals surface area contributed by atoms with Gasteiger partial charge in [-0.1, -0.05) is 0 Å². The monoisotopic (exact) mass is 283 g/mol. The molecule has 0 aromatic carbocycles. The summed E-state index contributed by atoms with van der Waals surface area (Å²) in [7, 11) is 0. The standard InChI is InChI=1S/C15H17N5O/c1-10-7-18-12(8-17-10)14(21)19-13-5-11(6-16)9-20(13)15(2,3)4/h5,7-9H,1-4H3,(H,19,21). The number of nitrogens with zero attached hydrogens (tertiary/aromatic N) is 4. The van der Waals surface area contributed by atoms with E-state index in [4.69, 9.17) is 5.26 Å². The van der Waals surface area contributed by atoms with Crippen molar-refractivity contribution in [3.05, 3.63) is 41.6 Å². The van der Waals surface area contributed by atoms with Gasteiger partial charge in [-0.25, -0.2) is 4.98 Å². The van der Waals surface area contributed by atoms with Crippen molar-refractivity contribution in [3.63, 3.8) is 0 Å². The van der Waals surface area contributed by atoms with E-state index in [9.17, 15) is 4.79 Å². The van der Waals surface area contributed by atoms with E-state index in [0.29, 0.717) is 11.4 Å². The van der Waals surface area contributed by atoms with E-state index in [1.54, 1.807) is 25.4 Å². The Morgan fingerprint density at radius 2 is 2.05 bits per heavy atom. The molecule has 0 bridgehead atoms. The van der Waals surface area contributed by atoms with Crippen molar-refractivity contribution in [2.45, 2.75) is 33.2 Å². The molecule has 1 N–H and O–H groups in total. The van der Waals surface area contributed by atoms with Crippen LogP contribution in [-0.2, 0) is 5.54 Å². The maximum Gasteiger partial charge on any atom is 0.276 e. The van der Waals surface area contributed by atoms with E-state index in [0.717, 1.165) is 5.69 Å². The molecular weight excluding hydrogens is 266 g/mol. The molecule has 0 spiro atoms. The van der Waals surface area contributed by atoms with E-state index in [2.05, 4.69) is 21.4 Å². The number of carbonyl (C=O) groups is 1. The highest BCUT2D eigenvalue weighted by atomic mass is 16.2. The molecule has 6 nitrogen and oxygen atoms in total. The number of nitriles is 1. The first-order valence-electron chi connectivity index (χ1n) is 6.54. The zero-order chi connectivity index (χ0) is 15.6. The van der Waals surface area contributed by atoms with Crippen molar-refractivity contribution in [3.8, 4) is 6.07 Å². The van der Waals surface area contributed by atoms with E-state index in [1.165, 1.54) is 6.20 Å². The Bertz CT molecular complexity index is 701. The lowest BCUT2D eigenvalue weighted by molar-refractivity contribution is 0.102. The van der Waals surface area contributed by atoms with Crippen LogP contribution in [0.1, 0.15) is 42.5 Å². The maximum absolute atomic E-state index is 12.2.